The Labute approximate surface area is 178 Å². The number of para-hydroxylation sites is 1. The second kappa shape index (κ2) is 9.04. The molecule has 1 aliphatic heterocycles. The average molecular weight is 424 g/mol. The maximum Gasteiger partial charge on any atom is 0.357 e. The molecule has 7 nitrogen and oxygen atoms in total. The molecule has 3 aromatic rings. The number of fused-ring (bicyclic) bond motifs is 1. The summed E-state index contributed by atoms with van der Waals surface area (Å²) in [6.07, 6.45) is 4.12. The molecule has 154 valence electrons. The van der Waals surface area contributed by atoms with Crippen LogP contribution >= 0.6 is 11.8 Å². The first-order valence-corrected chi connectivity index (χ1v) is 10.7. The van der Waals surface area contributed by atoms with E-state index in [2.05, 4.69) is 4.98 Å². The van der Waals surface area contributed by atoms with Crippen molar-refractivity contribution in [1.29, 1.82) is 0 Å². The number of Topliss-reactive ketones (excluding diaryl/α,β-unsaturated/α-hetero) is 1. The van der Waals surface area contributed by atoms with Crippen LogP contribution in [0.5, 0.6) is 11.5 Å². The quantitative estimate of drug-likeness (QED) is 0.338. The number of aromatic nitrogens is 2. The molecule has 30 heavy (non-hydrogen) atoms. The summed E-state index contributed by atoms with van der Waals surface area (Å²) in [7, 11) is 0. The van der Waals surface area contributed by atoms with Gasteiger partial charge in [0.15, 0.2) is 34.7 Å². The number of thioether (sulfide) groups is 1. The molecule has 0 unspecified atom stereocenters. The third-order valence-corrected chi connectivity index (χ3v) is 5.19. The van der Waals surface area contributed by atoms with E-state index in [0.717, 1.165) is 12.1 Å². The average Bonchev–Trinajstić information content (AvgIpc) is 3.08. The standard InChI is InChI=1S/C22H20N2O5S/c1-30-22-23-13-17(24(22)16-6-3-2-4-7-16)21(26)29-14-18(25)15-8-9-19-20(12-15)28-11-5-10-27-19/h2-4,6-9,12-13H,5,10-11,14H2,1H3. The zero-order chi connectivity index (χ0) is 20.9. The van der Waals surface area contributed by atoms with Gasteiger partial charge in [-0.2, -0.15) is 0 Å². The van der Waals surface area contributed by atoms with Gasteiger partial charge in [-0.05, 0) is 36.6 Å². The Balaban J connectivity index is 1.49. The normalized spacial score (nSPS) is 12.8. The summed E-state index contributed by atoms with van der Waals surface area (Å²) in [6, 6.07) is 14.4. The van der Waals surface area contributed by atoms with Crippen LogP contribution in [-0.2, 0) is 4.74 Å². The fraction of sp³-hybridized carbons (Fsp3) is 0.227. The third-order valence-electron chi connectivity index (χ3n) is 4.54. The SMILES string of the molecule is CSc1ncc(C(=O)OCC(=O)c2ccc3c(c2)OCCCO3)n1-c1ccccc1. The van der Waals surface area contributed by atoms with Gasteiger partial charge in [0.05, 0.1) is 19.4 Å². The van der Waals surface area contributed by atoms with Gasteiger partial charge < -0.3 is 14.2 Å². The molecular weight excluding hydrogens is 404 g/mol. The lowest BCUT2D eigenvalue weighted by molar-refractivity contribution is 0.0466. The number of nitrogens with zero attached hydrogens (tertiary/aromatic N) is 2. The van der Waals surface area contributed by atoms with E-state index >= 15 is 0 Å². The Morgan fingerprint density at radius 3 is 2.63 bits per heavy atom. The van der Waals surface area contributed by atoms with E-state index in [1.54, 1.807) is 22.8 Å². The number of hydrogen-bond donors (Lipinski definition) is 0. The highest BCUT2D eigenvalue weighted by molar-refractivity contribution is 7.98. The van der Waals surface area contributed by atoms with E-state index in [-0.39, 0.29) is 18.1 Å². The Kier molecular flexibility index (Phi) is 6.04. The molecule has 0 bridgehead atoms. The van der Waals surface area contributed by atoms with E-state index in [1.165, 1.54) is 18.0 Å². The molecule has 0 amide bonds. The maximum absolute atomic E-state index is 12.7. The lowest BCUT2D eigenvalue weighted by Gasteiger charge is -2.11. The summed E-state index contributed by atoms with van der Waals surface area (Å²) in [5.74, 6) is 0.193. The van der Waals surface area contributed by atoms with Crippen molar-refractivity contribution in [3.63, 3.8) is 0 Å². The van der Waals surface area contributed by atoms with Gasteiger partial charge in [-0.25, -0.2) is 9.78 Å². The van der Waals surface area contributed by atoms with Crippen LogP contribution in [0.15, 0.2) is 59.9 Å². The predicted octanol–water partition coefficient (Wildman–Crippen LogP) is 3.80. The number of hydrogen-bond acceptors (Lipinski definition) is 7. The lowest BCUT2D eigenvalue weighted by atomic mass is 10.1. The van der Waals surface area contributed by atoms with Crippen LogP contribution in [0, 0.1) is 0 Å². The van der Waals surface area contributed by atoms with E-state index < -0.39 is 5.97 Å². The first kappa shape index (κ1) is 20.0. The third kappa shape index (κ3) is 4.18. The van der Waals surface area contributed by atoms with Crippen molar-refractivity contribution < 1.29 is 23.8 Å². The van der Waals surface area contributed by atoms with Gasteiger partial charge in [-0.15, -0.1) is 0 Å². The smallest absolute Gasteiger partial charge is 0.357 e. The van der Waals surface area contributed by atoms with Crippen LogP contribution in [0.1, 0.15) is 27.3 Å². The molecule has 1 aromatic heterocycles. The Hall–Kier alpha value is -3.26. The fourth-order valence-electron chi connectivity index (χ4n) is 3.07. The molecule has 0 saturated heterocycles. The molecule has 0 saturated carbocycles. The number of carbonyl (C=O) groups is 2. The molecule has 0 N–H and O–H groups in total. The van der Waals surface area contributed by atoms with Crippen LogP contribution in [0.3, 0.4) is 0 Å². The zero-order valence-corrected chi connectivity index (χ0v) is 17.2. The second-order valence-corrected chi connectivity index (χ2v) is 7.29. The molecular formula is C22H20N2O5S. The largest absolute Gasteiger partial charge is 0.490 e. The summed E-state index contributed by atoms with van der Waals surface area (Å²) in [4.78, 5) is 29.5. The van der Waals surface area contributed by atoms with Crippen molar-refractivity contribution >= 4 is 23.5 Å². The first-order valence-electron chi connectivity index (χ1n) is 9.44. The lowest BCUT2D eigenvalue weighted by Crippen LogP contribution is -2.17. The van der Waals surface area contributed by atoms with Crippen molar-refractivity contribution in [2.45, 2.75) is 11.6 Å². The van der Waals surface area contributed by atoms with Gasteiger partial charge >= 0.3 is 5.97 Å². The molecule has 0 spiro atoms. The molecule has 4 rings (SSSR count). The van der Waals surface area contributed by atoms with E-state index in [0.29, 0.717) is 35.4 Å². The van der Waals surface area contributed by atoms with Gasteiger partial charge in [0.25, 0.3) is 0 Å². The molecule has 2 aromatic carbocycles. The summed E-state index contributed by atoms with van der Waals surface area (Å²) in [5.41, 5.74) is 1.45. The topological polar surface area (TPSA) is 79.7 Å². The molecule has 1 aliphatic rings. The van der Waals surface area contributed by atoms with Gasteiger partial charge in [0.1, 0.15) is 0 Å². The predicted molar refractivity (Wildman–Crippen MR) is 112 cm³/mol. The summed E-state index contributed by atoms with van der Waals surface area (Å²) in [5, 5.41) is 0.655. The minimum absolute atomic E-state index is 0.261. The Morgan fingerprint density at radius 1 is 1.10 bits per heavy atom. The first-order chi connectivity index (χ1) is 14.7. The highest BCUT2D eigenvalue weighted by atomic mass is 32.2. The van der Waals surface area contributed by atoms with E-state index in [1.807, 2.05) is 36.6 Å². The van der Waals surface area contributed by atoms with Crippen LogP contribution in [0.25, 0.3) is 5.69 Å². The molecule has 0 fully saturated rings. The summed E-state index contributed by atoms with van der Waals surface area (Å²) >= 11 is 1.42. The number of imidazole rings is 1. The van der Waals surface area contributed by atoms with Crippen LogP contribution in [0.4, 0.5) is 0 Å². The monoisotopic (exact) mass is 424 g/mol. The maximum atomic E-state index is 12.7. The molecule has 2 heterocycles. The molecule has 8 heteroatoms. The van der Waals surface area contributed by atoms with E-state index in [4.69, 9.17) is 14.2 Å². The molecule has 0 radical (unpaired) electrons. The number of esters is 1. The molecule has 0 atom stereocenters. The summed E-state index contributed by atoms with van der Waals surface area (Å²) in [6.45, 7) is 0.721. The van der Waals surface area contributed by atoms with Crippen molar-refractivity contribution in [2.75, 3.05) is 26.1 Å². The minimum Gasteiger partial charge on any atom is -0.490 e. The number of rotatable bonds is 6. The Bertz CT molecular complexity index is 1060. The van der Waals surface area contributed by atoms with Crippen LogP contribution in [0.2, 0.25) is 0 Å². The number of carbonyl (C=O) groups excluding carboxylic acids is 2. The van der Waals surface area contributed by atoms with E-state index in [9.17, 15) is 9.59 Å². The second-order valence-electron chi connectivity index (χ2n) is 6.51. The van der Waals surface area contributed by atoms with Gasteiger partial charge in [-0.1, -0.05) is 30.0 Å². The minimum atomic E-state index is -0.616. The Morgan fingerprint density at radius 2 is 1.87 bits per heavy atom. The zero-order valence-electron chi connectivity index (χ0n) is 16.4. The van der Waals surface area contributed by atoms with Crippen LogP contribution < -0.4 is 9.47 Å². The fourth-order valence-corrected chi connectivity index (χ4v) is 3.62. The van der Waals surface area contributed by atoms with Crippen molar-refractivity contribution in [3.05, 3.63) is 66.0 Å². The van der Waals surface area contributed by atoms with Crippen molar-refractivity contribution in [3.8, 4) is 17.2 Å². The van der Waals surface area contributed by atoms with Gasteiger partial charge in [-0.3, -0.25) is 9.36 Å². The molecule has 0 aliphatic carbocycles. The highest BCUT2D eigenvalue weighted by Crippen LogP contribution is 2.30. The number of ketones is 1. The van der Waals surface area contributed by atoms with Crippen LogP contribution in [-0.4, -0.2) is 47.4 Å². The number of benzene rings is 2. The van der Waals surface area contributed by atoms with Crippen molar-refractivity contribution in [1.82, 2.24) is 9.55 Å². The van der Waals surface area contributed by atoms with Crippen molar-refractivity contribution in [2.24, 2.45) is 0 Å². The van der Waals surface area contributed by atoms with Gasteiger partial charge in [0.2, 0.25) is 0 Å². The van der Waals surface area contributed by atoms with Gasteiger partial charge in [0, 0.05) is 17.7 Å². The highest BCUT2D eigenvalue weighted by Gasteiger charge is 2.21. The number of ether oxygens (including phenoxy) is 3. The summed E-state index contributed by atoms with van der Waals surface area (Å²) < 4.78 is 18.2.